The molecule has 7 heteroatoms. The summed E-state index contributed by atoms with van der Waals surface area (Å²) in [5, 5.41) is 13.6. The predicted molar refractivity (Wildman–Crippen MR) is 97.1 cm³/mol. The molecule has 1 aromatic carbocycles. The van der Waals surface area contributed by atoms with Crippen molar-refractivity contribution < 1.29 is 9.90 Å². The molecule has 0 unspecified atom stereocenters. The average molecular weight is 348 g/mol. The molecule has 0 radical (unpaired) electrons. The second-order valence-electron chi connectivity index (χ2n) is 6.03. The van der Waals surface area contributed by atoms with E-state index in [2.05, 4.69) is 10.1 Å². The highest BCUT2D eigenvalue weighted by Crippen LogP contribution is 2.24. The van der Waals surface area contributed by atoms with Crippen LogP contribution in [0.3, 0.4) is 0 Å². The minimum absolute atomic E-state index is 0.0291. The molecule has 0 spiro atoms. The Labute approximate surface area is 148 Å². The van der Waals surface area contributed by atoms with Crippen molar-refractivity contribution in [1.82, 2.24) is 19.2 Å². The number of hydrogen-bond donors (Lipinski definition) is 1. The third-order valence-corrected chi connectivity index (χ3v) is 4.34. The van der Waals surface area contributed by atoms with Crippen molar-refractivity contribution in [3.63, 3.8) is 0 Å². The van der Waals surface area contributed by atoms with E-state index in [-0.39, 0.29) is 12.0 Å². The molecular weight excluding hydrogens is 332 g/mol. The molecule has 3 aromatic heterocycles. The Morgan fingerprint density at radius 3 is 2.69 bits per heavy atom. The fourth-order valence-electron chi connectivity index (χ4n) is 3.05. The van der Waals surface area contributed by atoms with Crippen molar-refractivity contribution in [2.75, 3.05) is 0 Å². The number of pyridine rings is 1. The third-order valence-electron chi connectivity index (χ3n) is 4.34. The van der Waals surface area contributed by atoms with E-state index in [9.17, 15) is 9.59 Å². The van der Waals surface area contributed by atoms with Gasteiger partial charge >= 0.3 is 5.97 Å². The maximum Gasteiger partial charge on any atom is 0.303 e. The number of benzene rings is 1. The highest BCUT2D eigenvalue weighted by atomic mass is 16.4. The molecule has 0 saturated heterocycles. The molecule has 0 aliphatic heterocycles. The van der Waals surface area contributed by atoms with Gasteiger partial charge in [-0.2, -0.15) is 5.10 Å². The SMILES string of the molecule is O=C(O)CCCn1ccc2c(cnc3c(-c4ccccc4)cnn32)c1=O. The van der Waals surface area contributed by atoms with Crippen molar-refractivity contribution in [2.45, 2.75) is 19.4 Å². The third kappa shape index (κ3) is 2.73. The van der Waals surface area contributed by atoms with Gasteiger partial charge in [-0.25, -0.2) is 9.50 Å². The standard InChI is InChI=1S/C19H16N4O3/c24-17(25)7-4-9-22-10-8-16-15(19(22)26)11-20-18-14(12-21-23(16)18)13-5-2-1-3-6-13/h1-3,5-6,8,10-12H,4,7,9H2,(H,24,25). The summed E-state index contributed by atoms with van der Waals surface area (Å²) in [6, 6.07) is 11.6. The summed E-state index contributed by atoms with van der Waals surface area (Å²) in [7, 11) is 0. The Balaban J connectivity index is 1.80. The van der Waals surface area contributed by atoms with Crippen LogP contribution in [0.25, 0.3) is 27.7 Å². The highest BCUT2D eigenvalue weighted by Gasteiger charge is 2.12. The lowest BCUT2D eigenvalue weighted by molar-refractivity contribution is -0.137. The zero-order valence-corrected chi connectivity index (χ0v) is 13.9. The van der Waals surface area contributed by atoms with Crippen LogP contribution in [0.1, 0.15) is 12.8 Å². The van der Waals surface area contributed by atoms with E-state index in [0.717, 1.165) is 11.1 Å². The first kappa shape index (κ1) is 16.0. The number of aliphatic carboxylic acids is 1. The van der Waals surface area contributed by atoms with Gasteiger partial charge in [0, 0.05) is 30.9 Å². The summed E-state index contributed by atoms with van der Waals surface area (Å²) >= 11 is 0. The Hall–Kier alpha value is -3.48. The number of rotatable bonds is 5. The molecule has 130 valence electrons. The van der Waals surface area contributed by atoms with Gasteiger partial charge < -0.3 is 9.67 Å². The first-order valence-electron chi connectivity index (χ1n) is 8.28. The number of aryl methyl sites for hydroxylation is 1. The molecule has 0 saturated carbocycles. The molecule has 0 bridgehead atoms. The number of carboxylic acids is 1. The predicted octanol–water partition coefficient (Wildman–Crippen LogP) is 2.58. The lowest BCUT2D eigenvalue weighted by atomic mass is 10.1. The largest absolute Gasteiger partial charge is 0.481 e. The van der Waals surface area contributed by atoms with Crippen molar-refractivity contribution in [2.24, 2.45) is 0 Å². The van der Waals surface area contributed by atoms with E-state index in [1.807, 2.05) is 36.4 Å². The zero-order chi connectivity index (χ0) is 18.1. The molecular formula is C19H16N4O3. The number of hydrogen-bond acceptors (Lipinski definition) is 4. The Bertz CT molecular complexity index is 1160. The number of nitrogens with zero attached hydrogens (tertiary/aromatic N) is 4. The average Bonchev–Trinajstić information content (AvgIpc) is 3.08. The van der Waals surface area contributed by atoms with Crippen molar-refractivity contribution in [1.29, 1.82) is 0 Å². The summed E-state index contributed by atoms with van der Waals surface area (Å²) in [6.45, 7) is 0.355. The maximum atomic E-state index is 12.7. The lowest BCUT2D eigenvalue weighted by Gasteiger charge is -2.07. The number of carboxylic acid groups (broad SMARTS) is 1. The van der Waals surface area contributed by atoms with Crippen molar-refractivity contribution in [3.8, 4) is 11.1 Å². The maximum absolute atomic E-state index is 12.7. The van der Waals surface area contributed by atoms with E-state index in [1.54, 1.807) is 23.1 Å². The first-order valence-corrected chi connectivity index (χ1v) is 8.28. The summed E-state index contributed by atoms with van der Waals surface area (Å²) < 4.78 is 3.18. The quantitative estimate of drug-likeness (QED) is 0.599. The van der Waals surface area contributed by atoms with Gasteiger partial charge in [0.25, 0.3) is 5.56 Å². The number of fused-ring (bicyclic) bond motifs is 3. The summed E-state index contributed by atoms with van der Waals surface area (Å²) in [5.74, 6) is -0.868. The van der Waals surface area contributed by atoms with Crippen molar-refractivity contribution >= 4 is 22.5 Å². The van der Waals surface area contributed by atoms with Gasteiger partial charge in [-0.05, 0) is 18.1 Å². The van der Waals surface area contributed by atoms with Crippen LogP contribution in [0.15, 0.2) is 59.8 Å². The van der Waals surface area contributed by atoms with Crippen molar-refractivity contribution in [3.05, 3.63) is 65.3 Å². The highest BCUT2D eigenvalue weighted by molar-refractivity contribution is 5.84. The van der Waals surface area contributed by atoms with Crippen LogP contribution in [-0.2, 0) is 11.3 Å². The van der Waals surface area contributed by atoms with E-state index in [4.69, 9.17) is 5.11 Å². The fraction of sp³-hybridized carbons (Fsp3) is 0.158. The molecule has 7 nitrogen and oxygen atoms in total. The molecule has 4 rings (SSSR count). The van der Waals surface area contributed by atoms with Gasteiger partial charge in [0.15, 0.2) is 5.65 Å². The summed E-state index contributed by atoms with van der Waals surface area (Å²) in [4.78, 5) is 27.8. The summed E-state index contributed by atoms with van der Waals surface area (Å²) in [5.41, 5.74) is 3.08. The minimum atomic E-state index is -0.868. The second-order valence-corrected chi connectivity index (χ2v) is 6.03. The molecule has 0 aliphatic carbocycles. The topological polar surface area (TPSA) is 89.5 Å². The monoisotopic (exact) mass is 348 g/mol. The normalized spacial score (nSPS) is 11.2. The zero-order valence-electron chi connectivity index (χ0n) is 13.9. The van der Waals surface area contributed by atoms with Crippen LogP contribution in [-0.4, -0.2) is 30.2 Å². The van der Waals surface area contributed by atoms with Crippen LogP contribution in [0, 0.1) is 0 Å². The smallest absolute Gasteiger partial charge is 0.303 e. The van der Waals surface area contributed by atoms with Gasteiger partial charge in [0.05, 0.1) is 17.1 Å². The number of carbonyl (C=O) groups is 1. The molecule has 3 heterocycles. The van der Waals surface area contributed by atoms with Gasteiger partial charge in [0.2, 0.25) is 0 Å². The van der Waals surface area contributed by atoms with Crippen LogP contribution in [0.5, 0.6) is 0 Å². The molecule has 1 N–H and O–H groups in total. The molecule has 0 amide bonds. The Kier molecular flexibility index (Phi) is 3.96. The van der Waals surface area contributed by atoms with Gasteiger partial charge in [0.1, 0.15) is 0 Å². The fourth-order valence-corrected chi connectivity index (χ4v) is 3.05. The molecule has 0 aliphatic rings. The van der Waals surface area contributed by atoms with Crippen LogP contribution in [0.2, 0.25) is 0 Å². The van der Waals surface area contributed by atoms with Gasteiger partial charge in [-0.3, -0.25) is 9.59 Å². The minimum Gasteiger partial charge on any atom is -0.481 e. The van der Waals surface area contributed by atoms with Crippen LogP contribution in [0.4, 0.5) is 0 Å². The molecule has 4 aromatic rings. The van der Waals surface area contributed by atoms with E-state index in [1.165, 1.54) is 4.57 Å². The molecule has 0 atom stereocenters. The van der Waals surface area contributed by atoms with Gasteiger partial charge in [-0.1, -0.05) is 30.3 Å². The lowest BCUT2D eigenvalue weighted by Crippen LogP contribution is -2.21. The second kappa shape index (κ2) is 6.44. The van der Waals surface area contributed by atoms with Crippen LogP contribution >= 0.6 is 0 Å². The summed E-state index contributed by atoms with van der Waals surface area (Å²) in [6.07, 6.45) is 5.41. The Morgan fingerprint density at radius 2 is 1.92 bits per heavy atom. The van der Waals surface area contributed by atoms with Crippen LogP contribution < -0.4 is 5.56 Å². The first-order chi connectivity index (χ1) is 12.6. The Morgan fingerprint density at radius 1 is 1.12 bits per heavy atom. The molecule has 26 heavy (non-hydrogen) atoms. The van der Waals surface area contributed by atoms with Gasteiger partial charge in [-0.15, -0.1) is 0 Å². The number of aromatic nitrogens is 4. The molecule has 0 fully saturated rings. The van der Waals surface area contributed by atoms with E-state index < -0.39 is 5.97 Å². The van der Waals surface area contributed by atoms with E-state index in [0.29, 0.717) is 29.5 Å². The van der Waals surface area contributed by atoms with E-state index >= 15 is 0 Å².